The Morgan fingerprint density at radius 1 is 0.971 bits per heavy atom. The highest BCUT2D eigenvalue weighted by Crippen LogP contribution is 2.32. The Morgan fingerprint density at radius 3 is 2.32 bits per heavy atom. The molecule has 1 fully saturated rings. The minimum Gasteiger partial charge on any atom is -0.368 e. The molecular weight excluding hydrogens is 488 g/mol. The van der Waals surface area contributed by atoms with E-state index in [9.17, 15) is 18.0 Å². The van der Waals surface area contributed by atoms with Crippen molar-refractivity contribution < 1.29 is 18.0 Å². The van der Waals surface area contributed by atoms with Crippen LogP contribution in [0.2, 0.25) is 10.0 Å². The van der Waals surface area contributed by atoms with Gasteiger partial charge in [-0.25, -0.2) is 4.98 Å². The highest BCUT2D eigenvalue weighted by atomic mass is 35.5. The maximum atomic E-state index is 13.3. The fourth-order valence-corrected chi connectivity index (χ4v) is 4.20. The summed E-state index contributed by atoms with van der Waals surface area (Å²) in [5.41, 5.74) is 1.16. The Balaban J connectivity index is 1.58. The predicted octanol–water partition coefficient (Wildman–Crippen LogP) is 6.42. The lowest BCUT2D eigenvalue weighted by Gasteiger charge is -2.36. The highest BCUT2D eigenvalue weighted by molar-refractivity contribution is 6.31. The van der Waals surface area contributed by atoms with E-state index in [1.54, 1.807) is 36.1 Å². The summed E-state index contributed by atoms with van der Waals surface area (Å²) in [7, 11) is 0. The molecular formula is C24H21Cl2F3N4O. The number of hydrogen-bond donors (Lipinski definition) is 1. The first-order valence-electron chi connectivity index (χ1n) is 10.5. The molecule has 178 valence electrons. The van der Waals surface area contributed by atoms with Gasteiger partial charge >= 0.3 is 6.18 Å². The van der Waals surface area contributed by atoms with E-state index in [1.165, 1.54) is 6.07 Å². The maximum absolute atomic E-state index is 13.3. The molecule has 4 rings (SSSR count). The molecule has 3 aromatic rings. The summed E-state index contributed by atoms with van der Waals surface area (Å²) in [5, 5.41) is 4.02. The Kier molecular flexibility index (Phi) is 6.91. The van der Waals surface area contributed by atoms with E-state index in [4.69, 9.17) is 23.2 Å². The van der Waals surface area contributed by atoms with Gasteiger partial charge in [-0.2, -0.15) is 13.2 Å². The molecule has 1 aliphatic rings. The van der Waals surface area contributed by atoms with Gasteiger partial charge in [0.1, 0.15) is 11.5 Å². The normalized spacial score (nSPS) is 14.3. The SMILES string of the molecule is Cc1cc(Cl)ccc1Nc1nc(C(F)(F)F)ccc1C(=O)N1CCN(c2cccc(Cl)c2)CC1. The van der Waals surface area contributed by atoms with Gasteiger partial charge in [0.15, 0.2) is 0 Å². The van der Waals surface area contributed by atoms with Crippen LogP contribution in [-0.2, 0) is 6.18 Å². The van der Waals surface area contributed by atoms with E-state index in [-0.39, 0.29) is 17.3 Å². The van der Waals surface area contributed by atoms with Crippen LogP contribution in [0.5, 0.6) is 0 Å². The van der Waals surface area contributed by atoms with E-state index in [2.05, 4.69) is 15.2 Å². The van der Waals surface area contributed by atoms with E-state index in [0.29, 0.717) is 47.5 Å². The Bertz CT molecular complexity index is 1210. The van der Waals surface area contributed by atoms with Crippen LogP contribution < -0.4 is 10.2 Å². The number of rotatable bonds is 4. The number of benzene rings is 2. The molecule has 5 nitrogen and oxygen atoms in total. The van der Waals surface area contributed by atoms with Crippen molar-refractivity contribution in [3.05, 3.63) is 81.5 Å². The van der Waals surface area contributed by atoms with Crippen molar-refractivity contribution in [2.24, 2.45) is 0 Å². The largest absolute Gasteiger partial charge is 0.433 e. The topological polar surface area (TPSA) is 48.5 Å². The quantitative estimate of drug-likeness (QED) is 0.441. The van der Waals surface area contributed by atoms with Gasteiger partial charge in [-0.15, -0.1) is 0 Å². The molecule has 1 amide bonds. The third-order valence-electron chi connectivity index (χ3n) is 5.60. The van der Waals surface area contributed by atoms with E-state index in [1.807, 2.05) is 18.2 Å². The smallest absolute Gasteiger partial charge is 0.368 e. The molecule has 2 aromatic carbocycles. The Morgan fingerprint density at radius 2 is 1.68 bits per heavy atom. The number of aromatic nitrogens is 1. The Hall–Kier alpha value is -2.97. The Labute approximate surface area is 205 Å². The zero-order chi connectivity index (χ0) is 24.5. The van der Waals surface area contributed by atoms with Gasteiger partial charge < -0.3 is 15.1 Å². The summed E-state index contributed by atoms with van der Waals surface area (Å²) >= 11 is 12.1. The number of carbonyl (C=O) groups is 1. The summed E-state index contributed by atoms with van der Waals surface area (Å²) in [6.07, 6.45) is -4.64. The first-order valence-corrected chi connectivity index (χ1v) is 11.3. The molecule has 0 radical (unpaired) electrons. The standard InChI is InChI=1S/C24H21Cl2F3N4O/c1-15-13-17(26)5-7-20(15)30-22-19(6-8-21(31-22)24(27,28)29)23(34)33-11-9-32(10-12-33)18-4-2-3-16(25)14-18/h2-8,13-14H,9-12H2,1H3,(H,30,31). The average Bonchev–Trinajstić information content (AvgIpc) is 2.80. The predicted molar refractivity (Wildman–Crippen MR) is 128 cm³/mol. The number of piperazine rings is 1. The van der Waals surface area contributed by atoms with E-state index >= 15 is 0 Å². The van der Waals surface area contributed by atoms with Gasteiger partial charge in [0, 0.05) is 47.6 Å². The van der Waals surface area contributed by atoms with Gasteiger partial charge in [0.2, 0.25) is 0 Å². The first kappa shape index (κ1) is 24.2. The monoisotopic (exact) mass is 508 g/mol. The maximum Gasteiger partial charge on any atom is 0.433 e. The summed E-state index contributed by atoms with van der Waals surface area (Å²) in [6.45, 7) is 3.72. The van der Waals surface area contributed by atoms with Gasteiger partial charge in [0.25, 0.3) is 5.91 Å². The molecule has 1 aromatic heterocycles. The molecule has 1 N–H and O–H groups in total. The van der Waals surface area contributed by atoms with Crippen molar-refractivity contribution in [3.63, 3.8) is 0 Å². The molecule has 1 saturated heterocycles. The fourth-order valence-electron chi connectivity index (χ4n) is 3.79. The highest BCUT2D eigenvalue weighted by Gasteiger charge is 2.34. The van der Waals surface area contributed by atoms with Crippen molar-refractivity contribution >= 4 is 46.3 Å². The van der Waals surface area contributed by atoms with Crippen molar-refractivity contribution in [3.8, 4) is 0 Å². The second kappa shape index (κ2) is 9.72. The summed E-state index contributed by atoms with van der Waals surface area (Å²) in [4.78, 5) is 20.8. The molecule has 0 saturated carbocycles. The van der Waals surface area contributed by atoms with Crippen molar-refractivity contribution in [1.29, 1.82) is 0 Å². The van der Waals surface area contributed by atoms with Crippen molar-refractivity contribution in [2.45, 2.75) is 13.1 Å². The van der Waals surface area contributed by atoms with Gasteiger partial charge in [0.05, 0.1) is 5.56 Å². The average molecular weight is 509 g/mol. The summed E-state index contributed by atoms with van der Waals surface area (Å²) < 4.78 is 40.0. The number of hydrogen-bond acceptors (Lipinski definition) is 4. The zero-order valence-electron chi connectivity index (χ0n) is 18.2. The number of alkyl halides is 3. The number of nitrogens with one attached hydrogen (secondary N) is 1. The number of nitrogens with zero attached hydrogens (tertiary/aromatic N) is 3. The molecule has 0 spiro atoms. The van der Waals surface area contributed by atoms with Crippen LogP contribution in [0.1, 0.15) is 21.6 Å². The molecule has 34 heavy (non-hydrogen) atoms. The molecule has 0 unspecified atom stereocenters. The third-order valence-corrected chi connectivity index (χ3v) is 6.07. The van der Waals surface area contributed by atoms with Crippen LogP contribution in [0.15, 0.2) is 54.6 Å². The number of anilines is 3. The third kappa shape index (κ3) is 5.39. The molecule has 0 atom stereocenters. The van der Waals surface area contributed by atoms with Crippen molar-refractivity contribution in [2.75, 3.05) is 36.4 Å². The minimum atomic E-state index is -4.64. The number of halogens is 5. The summed E-state index contributed by atoms with van der Waals surface area (Å²) in [5.74, 6) is -0.538. The number of amides is 1. The second-order valence-electron chi connectivity index (χ2n) is 7.93. The fraction of sp³-hybridized carbons (Fsp3) is 0.250. The lowest BCUT2D eigenvalue weighted by atomic mass is 10.1. The van der Waals surface area contributed by atoms with Gasteiger partial charge in [-0.3, -0.25) is 4.79 Å². The van der Waals surface area contributed by atoms with Gasteiger partial charge in [-0.05, 0) is 61.0 Å². The summed E-state index contributed by atoms with van der Waals surface area (Å²) in [6, 6.07) is 14.4. The van der Waals surface area contributed by atoms with E-state index in [0.717, 1.165) is 11.8 Å². The molecule has 0 bridgehead atoms. The van der Waals surface area contributed by atoms with Crippen LogP contribution in [0.4, 0.5) is 30.4 Å². The van der Waals surface area contributed by atoms with Crippen LogP contribution in [0, 0.1) is 6.92 Å². The molecule has 0 aliphatic carbocycles. The van der Waals surface area contributed by atoms with Crippen LogP contribution >= 0.6 is 23.2 Å². The molecule has 10 heteroatoms. The molecule has 2 heterocycles. The zero-order valence-corrected chi connectivity index (χ0v) is 19.7. The van der Waals surface area contributed by atoms with Crippen LogP contribution in [0.3, 0.4) is 0 Å². The van der Waals surface area contributed by atoms with Gasteiger partial charge in [-0.1, -0.05) is 29.3 Å². The van der Waals surface area contributed by atoms with Crippen molar-refractivity contribution in [1.82, 2.24) is 9.88 Å². The number of carbonyl (C=O) groups excluding carboxylic acids is 1. The second-order valence-corrected chi connectivity index (χ2v) is 8.81. The van der Waals surface area contributed by atoms with Crippen LogP contribution in [0.25, 0.3) is 0 Å². The van der Waals surface area contributed by atoms with E-state index < -0.39 is 11.9 Å². The number of aryl methyl sites for hydroxylation is 1. The lowest BCUT2D eigenvalue weighted by Crippen LogP contribution is -2.49. The first-order chi connectivity index (χ1) is 16.1. The molecule has 1 aliphatic heterocycles. The number of pyridine rings is 1. The van der Waals surface area contributed by atoms with Crippen LogP contribution in [-0.4, -0.2) is 42.0 Å². The minimum absolute atomic E-state index is 0.0681. The lowest BCUT2D eigenvalue weighted by molar-refractivity contribution is -0.141.